The van der Waals surface area contributed by atoms with Gasteiger partial charge in [-0.25, -0.2) is 4.39 Å². The normalized spacial score (nSPS) is 8.38. The molecule has 0 bridgehead atoms. The number of benzene rings is 2. The molecule has 0 heterocycles. The molecule has 0 unspecified atom stereocenters. The first-order chi connectivity index (χ1) is 7.33. The van der Waals surface area contributed by atoms with Gasteiger partial charge >= 0.3 is 23.1 Å². The van der Waals surface area contributed by atoms with E-state index in [2.05, 4.69) is 6.07 Å². The van der Waals surface area contributed by atoms with Crippen molar-refractivity contribution in [1.29, 1.82) is 0 Å². The fourth-order valence-corrected chi connectivity index (χ4v) is 0.941. The molecule has 0 spiro atoms. The fourth-order valence-electron chi connectivity index (χ4n) is 0.941. The molecule has 0 aliphatic rings. The molecule has 0 aromatic heterocycles. The smallest absolute Gasteiger partial charge is 0.851 e. The zero-order chi connectivity index (χ0) is 10.9. The van der Waals surface area contributed by atoms with E-state index < -0.39 is 0 Å². The Kier molecular flexibility index (Phi) is 8.80. The standard InChI is InChI=1S/C7H7O.C6H4F.Mg/c8-6-7-4-2-1-3-5-7;7-6-4-2-1-3-5-6;/h1-5H,6H2;2-5H;/q2*-1;+2. The third-order valence-electron chi connectivity index (χ3n) is 1.69. The van der Waals surface area contributed by atoms with Gasteiger partial charge in [-0.05, 0) is 0 Å². The molecule has 0 aliphatic heterocycles. The van der Waals surface area contributed by atoms with Crippen LogP contribution in [0.4, 0.5) is 4.39 Å². The van der Waals surface area contributed by atoms with E-state index in [4.69, 9.17) is 0 Å². The van der Waals surface area contributed by atoms with Crippen LogP contribution in [0, 0.1) is 11.9 Å². The number of halogens is 1. The molecule has 0 saturated carbocycles. The summed E-state index contributed by atoms with van der Waals surface area (Å²) in [6.07, 6.45) is 0. The van der Waals surface area contributed by atoms with Crippen molar-refractivity contribution in [2.24, 2.45) is 0 Å². The molecule has 0 amide bonds. The van der Waals surface area contributed by atoms with Crippen LogP contribution in [0.5, 0.6) is 0 Å². The molecule has 0 fully saturated rings. The van der Waals surface area contributed by atoms with Crippen LogP contribution in [0.15, 0.2) is 54.6 Å². The summed E-state index contributed by atoms with van der Waals surface area (Å²) in [5, 5.41) is 10.1. The van der Waals surface area contributed by atoms with Crippen molar-refractivity contribution >= 4 is 23.1 Å². The second kappa shape index (κ2) is 9.33. The van der Waals surface area contributed by atoms with Gasteiger partial charge in [-0.2, -0.15) is 18.2 Å². The van der Waals surface area contributed by atoms with Gasteiger partial charge in [0, 0.05) is 5.82 Å². The fraction of sp³-hybridized carbons (Fsp3) is 0.0769. The van der Waals surface area contributed by atoms with E-state index in [1.807, 2.05) is 30.3 Å². The summed E-state index contributed by atoms with van der Waals surface area (Å²) >= 11 is 0. The summed E-state index contributed by atoms with van der Waals surface area (Å²) in [7, 11) is 0. The summed E-state index contributed by atoms with van der Waals surface area (Å²) in [6.45, 7) is -0.110. The van der Waals surface area contributed by atoms with Gasteiger partial charge in [0.25, 0.3) is 0 Å². The average molecular weight is 227 g/mol. The van der Waals surface area contributed by atoms with Gasteiger partial charge in [0.15, 0.2) is 0 Å². The van der Waals surface area contributed by atoms with E-state index in [0.29, 0.717) is 0 Å². The second-order valence-electron chi connectivity index (χ2n) is 2.85. The predicted octanol–water partition coefficient (Wildman–Crippen LogP) is 1.79. The Labute approximate surface area is 111 Å². The second-order valence-corrected chi connectivity index (χ2v) is 2.85. The monoisotopic (exact) mass is 226 g/mol. The van der Waals surface area contributed by atoms with E-state index in [0.717, 1.165) is 5.56 Å². The number of hydrogen-bond acceptors (Lipinski definition) is 1. The summed E-state index contributed by atoms with van der Waals surface area (Å²) in [6, 6.07) is 17.8. The van der Waals surface area contributed by atoms with Gasteiger partial charge in [0.2, 0.25) is 0 Å². The molecule has 3 heteroatoms. The molecule has 2 rings (SSSR count). The number of hydrogen-bond donors (Lipinski definition) is 0. The first-order valence-electron chi connectivity index (χ1n) is 4.56. The molecule has 2 aromatic carbocycles. The van der Waals surface area contributed by atoms with E-state index in [1.165, 1.54) is 24.3 Å². The third kappa shape index (κ3) is 6.56. The summed E-state index contributed by atoms with van der Waals surface area (Å²) in [5.41, 5.74) is 0.854. The topological polar surface area (TPSA) is 23.1 Å². The minimum Gasteiger partial charge on any atom is -0.851 e. The van der Waals surface area contributed by atoms with Gasteiger partial charge < -0.3 is 5.11 Å². The Balaban J connectivity index is 0.000000267. The zero-order valence-corrected chi connectivity index (χ0v) is 10.3. The molecule has 1 nitrogen and oxygen atoms in total. The molecule has 0 saturated heterocycles. The van der Waals surface area contributed by atoms with Crippen LogP contribution in [0.3, 0.4) is 0 Å². The molecule has 16 heavy (non-hydrogen) atoms. The van der Waals surface area contributed by atoms with Crippen molar-refractivity contribution in [2.45, 2.75) is 6.61 Å². The van der Waals surface area contributed by atoms with Gasteiger partial charge in [0.1, 0.15) is 0 Å². The maximum Gasteiger partial charge on any atom is 2.00 e. The van der Waals surface area contributed by atoms with Crippen LogP contribution >= 0.6 is 0 Å². The van der Waals surface area contributed by atoms with Crippen LogP contribution in [-0.2, 0) is 6.61 Å². The largest absolute Gasteiger partial charge is 2.00 e. The molecule has 0 aliphatic carbocycles. The third-order valence-corrected chi connectivity index (χ3v) is 1.69. The van der Waals surface area contributed by atoms with E-state index >= 15 is 0 Å². The van der Waals surface area contributed by atoms with E-state index in [1.54, 1.807) is 0 Å². The van der Waals surface area contributed by atoms with Crippen molar-refractivity contribution in [3.05, 3.63) is 72.0 Å². The van der Waals surface area contributed by atoms with Gasteiger partial charge in [-0.3, -0.25) is 0 Å². The van der Waals surface area contributed by atoms with Crippen LogP contribution in [0.2, 0.25) is 0 Å². The van der Waals surface area contributed by atoms with Crippen LogP contribution < -0.4 is 5.11 Å². The van der Waals surface area contributed by atoms with Crippen LogP contribution in [0.25, 0.3) is 0 Å². The molecule has 2 aromatic rings. The Bertz CT molecular complexity index is 364. The zero-order valence-electron chi connectivity index (χ0n) is 8.90. The molecule has 0 N–H and O–H groups in total. The Morgan fingerprint density at radius 3 is 1.88 bits per heavy atom. The minimum atomic E-state index is -0.209. The van der Waals surface area contributed by atoms with Crippen molar-refractivity contribution in [3.8, 4) is 0 Å². The Hall–Kier alpha value is -0.904. The van der Waals surface area contributed by atoms with Gasteiger partial charge in [0.05, 0.1) is 0 Å². The maximum absolute atomic E-state index is 11.9. The predicted molar refractivity (Wildman–Crippen MR) is 61.1 cm³/mol. The Morgan fingerprint density at radius 2 is 1.56 bits per heavy atom. The van der Waals surface area contributed by atoms with Crippen LogP contribution in [-0.4, -0.2) is 23.1 Å². The maximum atomic E-state index is 11.9. The summed E-state index contributed by atoms with van der Waals surface area (Å²) in [4.78, 5) is 0. The molecular formula is C13H11FMgO. The first kappa shape index (κ1) is 15.1. The molecular weight excluding hydrogens is 215 g/mol. The average Bonchev–Trinajstić information content (AvgIpc) is 2.32. The van der Waals surface area contributed by atoms with Gasteiger partial charge in [-0.1, -0.05) is 35.9 Å². The van der Waals surface area contributed by atoms with Crippen molar-refractivity contribution < 1.29 is 9.50 Å². The van der Waals surface area contributed by atoms with Crippen molar-refractivity contribution in [2.75, 3.05) is 0 Å². The molecule has 0 atom stereocenters. The molecule has 0 radical (unpaired) electrons. The minimum absolute atomic E-state index is 0. The van der Waals surface area contributed by atoms with Crippen LogP contribution in [0.1, 0.15) is 5.56 Å². The summed E-state index contributed by atoms with van der Waals surface area (Å²) < 4.78 is 11.9. The molecule has 78 valence electrons. The van der Waals surface area contributed by atoms with E-state index in [-0.39, 0.29) is 35.5 Å². The van der Waals surface area contributed by atoms with Crippen molar-refractivity contribution in [3.63, 3.8) is 0 Å². The quantitative estimate of drug-likeness (QED) is 0.537. The van der Waals surface area contributed by atoms with Crippen molar-refractivity contribution in [1.82, 2.24) is 0 Å². The SMILES string of the molecule is Fc1cc[c-]cc1.[Mg+2].[O-]Cc1ccccc1. The Morgan fingerprint density at radius 1 is 1.00 bits per heavy atom. The number of rotatable bonds is 1. The van der Waals surface area contributed by atoms with E-state index in [9.17, 15) is 9.50 Å². The first-order valence-corrected chi connectivity index (χ1v) is 4.56. The summed E-state index contributed by atoms with van der Waals surface area (Å²) in [5.74, 6) is -0.209. The van der Waals surface area contributed by atoms with Gasteiger partial charge in [-0.15, -0.1) is 18.7 Å².